The number of nitrogens with two attached hydrogens (primary N) is 1. The van der Waals surface area contributed by atoms with Crippen LogP contribution >= 0.6 is 0 Å². The molecule has 1 heterocycles. The molecule has 72 valence electrons. The summed E-state index contributed by atoms with van der Waals surface area (Å²) in [6.07, 6.45) is 1.81. The molecule has 2 N–H and O–H groups in total. The van der Waals surface area contributed by atoms with E-state index in [4.69, 9.17) is 5.73 Å². The highest BCUT2D eigenvalue weighted by Gasteiger charge is 2.00. The van der Waals surface area contributed by atoms with E-state index in [0.29, 0.717) is 19.0 Å². The number of pyridine rings is 1. The standard InChI is InChI=1S/C10H16N2O/c1-8(2)9-3-5-12(6-4-11)10(13)7-9/h3,5,7-8H,4,6,11H2,1-2H3. The third-order valence-corrected chi connectivity index (χ3v) is 2.06. The molecule has 0 aliphatic heterocycles. The van der Waals surface area contributed by atoms with Gasteiger partial charge >= 0.3 is 0 Å². The average molecular weight is 180 g/mol. The molecule has 1 aromatic heterocycles. The Morgan fingerprint density at radius 3 is 2.69 bits per heavy atom. The first kappa shape index (κ1) is 9.99. The van der Waals surface area contributed by atoms with Crippen LogP contribution < -0.4 is 11.3 Å². The lowest BCUT2D eigenvalue weighted by Gasteiger charge is -2.07. The first-order chi connectivity index (χ1) is 6.15. The lowest BCUT2D eigenvalue weighted by molar-refractivity contribution is 0.675. The van der Waals surface area contributed by atoms with E-state index < -0.39 is 0 Å². The van der Waals surface area contributed by atoms with Gasteiger partial charge in [0.05, 0.1) is 0 Å². The second-order valence-electron chi connectivity index (χ2n) is 3.44. The zero-order chi connectivity index (χ0) is 9.84. The molecule has 0 radical (unpaired) electrons. The second-order valence-corrected chi connectivity index (χ2v) is 3.44. The van der Waals surface area contributed by atoms with Crippen LogP contribution in [0.25, 0.3) is 0 Å². The van der Waals surface area contributed by atoms with Crippen LogP contribution in [0.1, 0.15) is 25.3 Å². The maximum absolute atomic E-state index is 11.4. The molecule has 0 bridgehead atoms. The van der Waals surface area contributed by atoms with Crippen molar-refractivity contribution in [2.45, 2.75) is 26.3 Å². The van der Waals surface area contributed by atoms with Gasteiger partial charge in [0.15, 0.2) is 0 Å². The largest absolute Gasteiger partial charge is 0.329 e. The van der Waals surface area contributed by atoms with Crippen molar-refractivity contribution in [2.75, 3.05) is 6.54 Å². The highest BCUT2D eigenvalue weighted by molar-refractivity contribution is 5.14. The molecule has 0 aliphatic rings. The number of hydrogen-bond donors (Lipinski definition) is 1. The van der Waals surface area contributed by atoms with Crippen LogP contribution in [0, 0.1) is 0 Å². The third kappa shape index (κ3) is 2.42. The van der Waals surface area contributed by atoms with Crippen molar-refractivity contribution < 1.29 is 0 Å². The van der Waals surface area contributed by atoms with Gasteiger partial charge in [-0.2, -0.15) is 0 Å². The smallest absolute Gasteiger partial charge is 0.250 e. The number of hydrogen-bond acceptors (Lipinski definition) is 2. The maximum Gasteiger partial charge on any atom is 0.250 e. The van der Waals surface area contributed by atoms with Crippen LogP contribution in [0.15, 0.2) is 23.1 Å². The predicted molar refractivity (Wildman–Crippen MR) is 53.8 cm³/mol. The van der Waals surface area contributed by atoms with Crippen LogP contribution in [0.3, 0.4) is 0 Å². The van der Waals surface area contributed by atoms with Gasteiger partial charge < -0.3 is 10.3 Å². The first-order valence-corrected chi connectivity index (χ1v) is 4.55. The summed E-state index contributed by atoms with van der Waals surface area (Å²) in [5.74, 6) is 0.403. The molecule has 0 aliphatic carbocycles. The number of aromatic nitrogens is 1. The van der Waals surface area contributed by atoms with Crippen molar-refractivity contribution in [3.05, 3.63) is 34.2 Å². The minimum Gasteiger partial charge on any atom is -0.329 e. The predicted octanol–water partition coefficient (Wildman–Crippen LogP) is 0.930. The summed E-state index contributed by atoms with van der Waals surface area (Å²) in [5.41, 5.74) is 6.49. The summed E-state index contributed by atoms with van der Waals surface area (Å²) in [5, 5.41) is 0. The normalized spacial score (nSPS) is 10.8. The summed E-state index contributed by atoms with van der Waals surface area (Å²) in [4.78, 5) is 11.4. The van der Waals surface area contributed by atoms with Crippen LogP contribution in [-0.4, -0.2) is 11.1 Å². The first-order valence-electron chi connectivity index (χ1n) is 4.55. The zero-order valence-electron chi connectivity index (χ0n) is 8.16. The molecule has 13 heavy (non-hydrogen) atoms. The van der Waals surface area contributed by atoms with Crippen LogP contribution in [-0.2, 0) is 6.54 Å². The third-order valence-electron chi connectivity index (χ3n) is 2.06. The molecule has 0 atom stereocenters. The fourth-order valence-electron chi connectivity index (χ4n) is 1.21. The fraction of sp³-hybridized carbons (Fsp3) is 0.500. The van der Waals surface area contributed by atoms with Gasteiger partial charge in [-0.05, 0) is 17.5 Å². The molecule has 3 heteroatoms. The second kappa shape index (κ2) is 4.23. The summed E-state index contributed by atoms with van der Waals surface area (Å²) in [6.45, 7) is 5.24. The SMILES string of the molecule is CC(C)c1ccn(CCN)c(=O)c1. The molecular weight excluding hydrogens is 164 g/mol. The van der Waals surface area contributed by atoms with Gasteiger partial charge in [-0.1, -0.05) is 13.8 Å². The molecule has 0 fully saturated rings. The Morgan fingerprint density at radius 2 is 2.23 bits per heavy atom. The van der Waals surface area contributed by atoms with E-state index in [0.717, 1.165) is 5.56 Å². The molecule has 0 saturated heterocycles. The Bertz CT molecular complexity index is 328. The highest BCUT2D eigenvalue weighted by atomic mass is 16.1. The van der Waals surface area contributed by atoms with Crippen molar-refractivity contribution in [2.24, 2.45) is 5.73 Å². The van der Waals surface area contributed by atoms with E-state index in [1.165, 1.54) is 0 Å². The van der Waals surface area contributed by atoms with Crippen molar-refractivity contribution in [1.29, 1.82) is 0 Å². The van der Waals surface area contributed by atoms with E-state index in [9.17, 15) is 4.79 Å². The molecule has 0 amide bonds. The Hall–Kier alpha value is -1.09. The fourth-order valence-corrected chi connectivity index (χ4v) is 1.21. The zero-order valence-corrected chi connectivity index (χ0v) is 8.16. The molecule has 0 aromatic carbocycles. The molecule has 0 saturated carbocycles. The molecule has 1 rings (SSSR count). The van der Waals surface area contributed by atoms with E-state index in [1.54, 1.807) is 10.6 Å². The Balaban J connectivity index is 2.99. The lowest BCUT2D eigenvalue weighted by Crippen LogP contribution is -2.23. The Morgan fingerprint density at radius 1 is 1.54 bits per heavy atom. The Labute approximate surface area is 78.2 Å². The van der Waals surface area contributed by atoms with Crippen LogP contribution in [0.4, 0.5) is 0 Å². The summed E-state index contributed by atoms with van der Waals surface area (Å²) >= 11 is 0. The van der Waals surface area contributed by atoms with E-state index in [-0.39, 0.29) is 5.56 Å². The summed E-state index contributed by atoms with van der Waals surface area (Å²) in [6, 6.07) is 3.65. The van der Waals surface area contributed by atoms with Crippen molar-refractivity contribution in [3.63, 3.8) is 0 Å². The molecule has 0 unspecified atom stereocenters. The highest BCUT2D eigenvalue weighted by Crippen LogP contribution is 2.10. The van der Waals surface area contributed by atoms with E-state index in [2.05, 4.69) is 13.8 Å². The van der Waals surface area contributed by atoms with Crippen LogP contribution in [0.2, 0.25) is 0 Å². The molecular formula is C10H16N2O. The molecule has 3 nitrogen and oxygen atoms in total. The molecule has 1 aromatic rings. The van der Waals surface area contributed by atoms with Gasteiger partial charge in [0.2, 0.25) is 0 Å². The average Bonchev–Trinajstić information content (AvgIpc) is 2.08. The van der Waals surface area contributed by atoms with Gasteiger partial charge in [-0.15, -0.1) is 0 Å². The van der Waals surface area contributed by atoms with Gasteiger partial charge in [0.25, 0.3) is 5.56 Å². The van der Waals surface area contributed by atoms with Gasteiger partial charge in [0.1, 0.15) is 0 Å². The number of rotatable bonds is 3. The Kier molecular flexibility index (Phi) is 3.25. The minimum atomic E-state index is 0.0386. The van der Waals surface area contributed by atoms with Crippen molar-refractivity contribution in [3.8, 4) is 0 Å². The maximum atomic E-state index is 11.4. The minimum absolute atomic E-state index is 0.0386. The van der Waals surface area contributed by atoms with Gasteiger partial charge in [0, 0.05) is 25.4 Å². The van der Waals surface area contributed by atoms with E-state index in [1.807, 2.05) is 12.3 Å². The van der Waals surface area contributed by atoms with Gasteiger partial charge in [-0.25, -0.2) is 0 Å². The summed E-state index contributed by atoms with van der Waals surface area (Å²) < 4.78 is 1.63. The molecule has 0 spiro atoms. The topological polar surface area (TPSA) is 48.0 Å². The number of nitrogens with zero attached hydrogens (tertiary/aromatic N) is 1. The van der Waals surface area contributed by atoms with Crippen LogP contribution in [0.5, 0.6) is 0 Å². The lowest BCUT2D eigenvalue weighted by atomic mass is 10.1. The summed E-state index contributed by atoms with van der Waals surface area (Å²) in [7, 11) is 0. The van der Waals surface area contributed by atoms with E-state index >= 15 is 0 Å². The quantitative estimate of drug-likeness (QED) is 0.752. The monoisotopic (exact) mass is 180 g/mol. The van der Waals surface area contributed by atoms with Gasteiger partial charge in [-0.3, -0.25) is 4.79 Å². The van der Waals surface area contributed by atoms with Crippen molar-refractivity contribution >= 4 is 0 Å². The van der Waals surface area contributed by atoms with Crippen molar-refractivity contribution in [1.82, 2.24) is 4.57 Å².